The fraction of sp³-hybridized carbons (Fsp3) is 0.500. The Hall–Kier alpha value is -1.57. The summed E-state index contributed by atoms with van der Waals surface area (Å²) >= 11 is 0. The number of anilines is 1. The van der Waals surface area contributed by atoms with Gasteiger partial charge in [-0.15, -0.1) is 0 Å². The summed E-state index contributed by atoms with van der Waals surface area (Å²) in [6, 6.07) is 10.6. The Morgan fingerprint density at radius 3 is 2.89 bits per heavy atom. The molecule has 0 amide bonds. The second-order valence-corrected chi connectivity index (χ2v) is 4.77. The van der Waals surface area contributed by atoms with Crippen molar-refractivity contribution in [2.45, 2.75) is 6.04 Å². The Kier molecular flexibility index (Phi) is 4.19. The van der Waals surface area contributed by atoms with Crippen LogP contribution < -0.4 is 10.2 Å². The van der Waals surface area contributed by atoms with Crippen LogP contribution in [0, 0.1) is 11.3 Å². The Morgan fingerprint density at radius 1 is 1.39 bits per heavy atom. The van der Waals surface area contributed by atoms with E-state index in [0.29, 0.717) is 6.04 Å². The van der Waals surface area contributed by atoms with E-state index < -0.39 is 0 Å². The molecule has 0 spiro atoms. The lowest BCUT2D eigenvalue weighted by atomic mass is 10.1. The molecule has 2 rings (SSSR count). The van der Waals surface area contributed by atoms with Crippen LogP contribution in [0.3, 0.4) is 0 Å². The normalized spacial score (nSPS) is 20.7. The molecule has 1 unspecified atom stereocenters. The molecule has 1 fully saturated rings. The molecule has 0 aromatic heterocycles. The van der Waals surface area contributed by atoms with Crippen LogP contribution in [-0.2, 0) is 0 Å². The van der Waals surface area contributed by atoms with Gasteiger partial charge in [-0.3, -0.25) is 4.90 Å². The fourth-order valence-corrected chi connectivity index (χ4v) is 2.46. The summed E-state index contributed by atoms with van der Waals surface area (Å²) in [5.41, 5.74) is 1.83. The van der Waals surface area contributed by atoms with Gasteiger partial charge in [-0.1, -0.05) is 12.1 Å². The number of nitriles is 1. The summed E-state index contributed by atoms with van der Waals surface area (Å²) in [5, 5.41) is 12.4. The molecule has 0 saturated carbocycles. The first-order chi connectivity index (χ1) is 8.76. The number of hydrogen-bond donors (Lipinski definition) is 1. The van der Waals surface area contributed by atoms with Gasteiger partial charge < -0.3 is 10.2 Å². The predicted octanol–water partition coefficient (Wildman–Crippen LogP) is 0.898. The van der Waals surface area contributed by atoms with Gasteiger partial charge in [0.15, 0.2) is 0 Å². The zero-order chi connectivity index (χ0) is 13.0. The average Bonchev–Trinajstić information content (AvgIpc) is 2.41. The van der Waals surface area contributed by atoms with Crippen molar-refractivity contribution in [3.05, 3.63) is 29.8 Å². The van der Waals surface area contributed by atoms with Crippen LogP contribution in [0.25, 0.3) is 0 Å². The van der Waals surface area contributed by atoms with E-state index in [4.69, 9.17) is 0 Å². The van der Waals surface area contributed by atoms with Gasteiger partial charge in [-0.2, -0.15) is 5.26 Å². The minimum Gasteiger partial charge on any atom is -0.368 e. The third-order valence-electron chi connectivity index (χ3n) is 3.58. The summed E-state index contributed by atoms with van der Waals surface area (Å²) in [7, 11) is 4.14. The summed E-state index contributed by atoms with van der Waals surface area (Å²) in [4.78, 5) is 4.70. The molecule has 1 N–H and O–H groups in total. The van der Waals surface area contributed by atoms with Crippen LogP contribution in [0.2, 0.25) is 0 Å². The molecule has 0 radical (unpaired) electrons. The molecule has 1 aliphatic heterocycles. The third-order valence-corrected chi connectivity index (χ3v) is 3.58. The topological polar surface area (TPSA) is 42.3 Å². The van der Waals surface area contributed by atoms with Crippen LogP contribution in [0.15, 0.2) is 24.3 Å². The van der Waals surface area contributed by atoms with Crippen molar-refractivity contribution in [3.63, 3.8) is 0 Å². The maximum Gasteiger partial charge on any atom is 0.101 e. The summed E-state index contributed by atoms with van der Waals surface area (Å²) in [5.74, 6) is 0. The number of likely N-dealkylation sites (N-methyl/N-ethyl adjacent to an activating group) is 2. The molecule has 0 bridgehead atoms. The Bertz CT molecular complexity index is 438. The van der Waals surface area contributed by atoms with Crippen molar-refractivity contribution in [3.8, 4) is 6.07 Å². The highest BCUT2D eigenvalue weighted by atomic mass is 15.3. The van der Waals surface area contributed by atoms with Crippen LogP contribution >= 0.6 is 0 Å². The molecule has 4 nitrogen and oxygen atoms in total. The van der Waals surface area contributed by atoms with Gasteiger partial charge >= 0.3 is 0 Å². The van der Waals surface area contributed by atoms with Crippen molar-refractivity contribution in [1.29, 1.82) is 5.26 Å². The molecule has 1 aromatic rings. The van der Waals surface area contributed by atoms with E-state index in [0.717, 1.165) is 37.4 Å². The Labute approximate surface area is 109 Å². The first-order valence-electron chi connectivity index (χ1n) is 6.35. The molecule has 1 aliphatic rings. The highest BCUT2D eigenvalue weighted by molar-refractivity contribution is 5.59. The van der Waals surface area contributed by atoms with Gasteiger partial charge in [0, 0.05) is 32.2 Å². The van der Waals surface area contributed by atoms with Gasteiger partial charge in [0.25, 0.3) is 0 Å². The minimum atomic E-state index is 0.496. The SMILES string of the molecule is CNCC1CN(c2ccccc2C#N)CCN1C. The highest BCUT2D eigenvalue weighted by Gasteiger charge is 2.24. The highest BCUT2D eigenvalue weighted by Crippen LogP contribution is 2.22. The van der Waals surface area contributed by atoms with Gasteiger partial charge in [0.05, 0.1) is 11.3 Å². The molecular weight excluding hydrogens is 224 g/mol. The molecule has 0 aliphatic carbocycles. The Morgan fingerprint density at radius 2 is 2.17 bits per heavy atom. The van der Waals surface area contributed by atoms with Crippen molar-refractivity contribution < 1.29 is 0 Å². The molecule has 1 saturated heterocycles. The lowest BCUT2D eigenvalue weighted by Crippen LogP contribution is -2.54. The largest absolute Gasteiger partial charge is 0.368 e. The first kappa shape index (κ1) is 12.9. The number of hydrogen-bond acceptors (Lipinski definition) is 4. The summed E-state index contributed by atoms with van der Waals surface area (Å²) in [6.07, 6.45) is 0. The second kappa shape index (κ2) is 5.85. The number of nitrogens with one attached hydrogen (secondary N) is 1. The van der Waals surface area contributed by atoms with E-state index in [1.54, 1.807) is 0 Å². The monoisotopic (exact) mass is 244 g/mol. The molecule has 96 valence electrons. The van der Waals surface area contributed by atoms with Crippen molar-refractivity contribution in [2.75, 3.05) is 45.2 Å². The molecule has 4 heteroatoms. The number of rotatable bonds is 3. The zero-order valence-electron chi connectivity index (χ0n) is 11.1. The lowest BCUT2D eigenvalue weighted by molar-refractivity contribution is 0.216. The van der Waals surface area contributed by atoms with E-state index in [2.05, 4.69) is 28.2 Å². The standard InChI is InChI=1S/C14H20N4/c1-16-10-13-11-18(8-7-17(13)2)14-6-4-3-5-12(14)9-15/h3-6,13,16H,7-8,10-11H2,1-2H3. The van der Waals surface area contributed by atoms with E-state index in [9.17, 15) is 5.26 Å². The third kappa shape index (κ3) is 2.63. The number of para-hydroxylation sites is 1. The smallest absolute Gasteiger partial charge is 0.101 e. The van der Waals surface area contributed by atoms with Crippen molar-refractivity contribution in [2.24, 2.45) is 0 Å². The van der Waals surface area contributed by atoms with Crippen molar-refractivity contribution in [1.82, 2.24) is 10.2 Å². The van der Waals surface area contributed by atoms with Crippen LogP contribution in [0.5, 0.6) is 0 Å². The number of piperazine rings is 1. The molecule has 1 atom stereocenters. The maximum absolute atomic E-state index is 9.17. The van der Waals surface area contributed by atoms with Crippen LogP contribution in [0.1, 0.15) is 5.56 Å². The zero-order valence-corrected chi connectivity index (χ0v) is 11.1. The second-order valence-electron chi connectivity index (χ2n) is 4.77. The minimum absolute atomic E-state index is 0.496. The van der Waals surface area contributed by atoms with Crippen molar-refractivity contribution >= 4 is 5.69 Å². The predicted molar refractivity (Wildman–Crippen MR) is 73.7 cm³/mol. The lowest BCUT2D eigenvalue weighted by Gasteiger charge is -2.40. The first-order valence-corrected chi connectivity index (χ1v) is 6.35. The number of nitrogens with zero attached hydrogens (tertiary/aromatic N) is 3. The summed E-state index contributed by atoms with van der Waals surface area (Å²) in [6.45, 7) is 3.96. The van der Waals surface area contributed by atoms with Gasteiger partial charge in [0.1, 0.15) is 6.07 Å². The van der Waals surface area contributed by atoms with E-state index >= 15 is 0 Å². The Balaban J connectivity index is 2.16. The molecule has 18 heavy (non-hydrogen) atoms. The number of benzene rings is 1. The quantitative estimate of drug-likeness (QED) is 0.858. The van der Waals surface area contributed by atoms with Gasteiger partial charge in [-0.25, -0.2) is 0 Å². The maximum atomic E-state index is 9.17. The van der Waals surface area contributed by atoms with Crippen LogP contribution in [-0.4, -0.2) is 51.2 Å². The molecule has 1 aromatic carbocycles. The van der Waals surface area contributed by atoms with Gasteiger partial charge in [0.2, 0.25) is 0 Å². The van der Waals surface area contributed by atoms with E-state index in [-0.39, 0.29) is 0 Å². The summed E-state index contributed by atoms with van der Waals surface area (Å²) < 4.78 is 0. The molecule has 1 heterocycles. The van der Waals surface area contributed by atoms with Gasteiger partial charge in [-0.05, 0) is 26.2 Å². The van der Waals surface area contributed by atoms with E-state index in [1.165, 1.54) is 0 Å². The van der Waals surface area contributed by atoms with E-state index in [1.807, 2.05) is 31.3 Å². The average molecular weight is 244 g/mol. The molecular formula is C14H20N4. The van der Waals surface area contributed by atoms with Crippen LogP contribution in [0.4, 0.5) is 5.69 Å². The fourth-order valence-electron chi connectivity index (χ4n) is 2.46.